The molecular weight excluding hydrogens is 859 g/mol. The van der Waals surface area contributed by atoms with Gasteiger partial charge in [0.2, 0.25) is 5.95 Å². The van der Waals surface area contributed by atoms with Gasteiger partial charge < -0.3 is 40.1 Å². The molecule has 0 unspecified atom stereocenters. The van der Waals surface area contributed by atoms with E-state index >= 15 is 0 Å². The van der Waals surface area contributed by atoms with Crippen LogP contribution in [0.1, 0.15) is 45.0 Å². The highest BCUT2D eigenvalue weighted by Gasteiger charge is 2.01. The van der Waals surface area contributed by atoms with Crippen molar-refractivity contribution < 1.29 is 8.78 Å². The van der Waals surface area contributed by atoms with Gasteiger partial charge in [-0.25, -0.2) is 48.7 Å². The second kappa shape index (κ2) is 27.2. The van der Waals surface area contributed by atoms with Crippen molar-refractivity contribution in [3.63, 3.8) is 0 Å². The number of hydrogen-bond acceptors (Lipinski definition) is 15. The first-order valence-electron chi connectivity index (χ1n) is 18.1. The molecule has 62 heavy (non-hydrogen) atoms. The van der Waals surface area contributed by atoms with Crippen LogP contribution < -0.4 is 40.1 Å². The van der Waals surface area contributed by atoms with Gasteiger partial charge in [-0.2, -0.15) is 0 Å². The Morgan fingerprint density at radius 2 is 1.11 bits per heavy atom. The Balaban J connectivity index is 0.000000362. The summed E-state index contributed by atoms with van der Waals surface area (Å²) >= 11 is 16.8. The number of pyridine rings is 4. The van der Waals surface area contributed by atoms with E-state index in [4.69, 9.17) is 74.9 Å². The maximum absolute atomic E-state index is 12.6. The monoisotopic (exact) mass is 909 g/mol. The molecule has 15 nitrogen and oxygen atoms in total. The minimum absolute atomic E-state index is 0.299. The van der Waals surface area contributed by atoms with Crippen molar-refractivity contribution >= 4 is 75.5 Å². The van der Waals surface area contributed by atoms with E-state index in [1.807, 2.05) is 52.8 Å². The fraction of sp³-hybridized carbons (Fsp3) is 0.190. The lowest BCUT2D eigenvalue weighted by Crippen LogP contribution is -1.98. The second-order valence-corrected chi connectivity index (χ2v) is 14.3. The summed E-state index contributed by atoms with van der Waals surface area (Å²) in [6.45, 7) is 14.5. The van der Waals surface area contributed by atoms with Crippen LogP contribution in [0.3, 0.4) is 0 Å². The molecule has 0 aliphatic heterocycles. The van der Waals surface area contributed by atoms with Gasteiger partial charge in [-0.05, 0) is 138 Å². The normalized spacial score (nSPS) is 9.50. The number of halogens is 5. The first kappa shape index (κ1) is 53.3. The highest BCUT2D eigenvalue weighted by molar-refractivity contribution is 6.32. The molecule has 14 N–H and O–H groups in total. The van der Waals surface area contributed by atoms with Gasteiger partial charge in [-0.15, -0.1) is 0 Å². The maximum Gasteiger partial charge on any atom is 0.220 e. The largest absolute Gasteiger partial charge is 0.399 e. The van der Waals surface area contributed by atoms with Crippen LogP contribution in [-0.2, 0) is 0 Å². The van der Waals surface area contributed by atoms with Gasteiger partial charge in [0.15, 0.2) is 0 Å². The molecule has 0 fully saturated rings. The predicted molar refractivity (Wildman–Crippen MR) is 251 cm³/mol. The summed E-state index contributed by atoms with van der Waals surface area (Å²) in [5.74, 6) is 1.88. The van der Waals surface area contributed by atoms with Crippen LogP contribution in [0.2, 0.25) is 15.2 Å². The number of anilines is 7. The van der Waals surface area contributed by atoms with Crippen molar-refractivity contribution in [3.05, 3.63) is 157 Å². The SMILES string of the molecule is Cc1cc(F)c(C)nc1N.Cc1cc(N)cc(Cl)c1.Cc1cc(N)nc(Cl)c1.Cc1cc(N)ncc1F.Cc1cc(N)ncn1.Cc1ccc(Cl)c(N)n1.Cc1ccnc(N)n1. The average Bonchev–Trinajstić information content (AvgIpc) is 3.14. The lowest BCUT2D eigenvalue weighted by atomic mass is 10.2. The van der Waals surface area contributed by atoms with Crippen molar-refractivity contribution in [1.82, 2.24) is 39.9 Å². The van der Waals surface area contributed by atoms with E-state index in [2.05, 4.69) is 39.9 Å². The Hall–Kier alpha value is -6.69. The minimum Gasteiger partial charge on any atom is -0.399 e. The van der Waals surface area contributed by atoms with Gasteiger partial charge in [-0.1, -0.05) is 34.8 Å². The Kier molecular flexibility index (Phi) is 23.4. The molecule has 7 rings (SSSR count). The molecule has 0 atom stereocenters. The van der Waals surface area contributed by atoms with Gasteiger partial charge in [-0.3, -0.25) is 0 Å². The zero-order chi connectivity index (χ0) is 47.1. The van der Waals surface area contributed by atoms with Crippen LogP contribution in [-0.4, -0.2) is 39.9 Å². The molecule has 0 spiro atoms. The third kappa shape index (κ3) is 23.2. The fourth-order valence-electron chi connectivity index (χ4n) is 4.17. The van der Waals surface area contributed by atoms with Crippen molar-refractivity contribution in [2.45, 2.75) is 55.4 Å². The molecule has 0 saturated heterocycles. The Morgan fingerprint density at radius 1 is 0.484 bits per heavy atom. The van der Waals surface area contributed by atoms with Gasteiger partial charge >= 0.3 is 0 Å². The van der Waals surface area contributed by atoms with E-state index in [9.17, 15) is 8.78 Å². The number of rotatable bonds is 0. The fourth-order valence-corrected chi connectivity index (χ4v) is 4.84. The number of aromatic nitrogens is 8. The second-order valence-electron chi connectivity index (χ2n) is 13.0. The van der Waals surface area contributed by atoms with Gasteiger partial charge in [0.05, 0.1) is 16.9 Å². The number of nitrogens with two attached hydrogens (primary N) is 7. The summed E-state index contributed by atoms with van der Waals surface area (Å²) in [6, 6.07) is 19.0. The Morgan fingerprint density at radius 3 is 1.55 bits per heavy atom. The molecule has 20 heteroatoms. The highest BCUT2D eigenvalue weighted by atomic mass is 35.5. The molecule has 6 heterocycles. The van der Waals surface area contributed by atoms with Crippen LogP contribution in [0.15, 0.2) is 85.5 Å². The highest BCUT2D eigenvalue weighted by Crippen LogP contribution is 2.16. The number of aryl methyl sites for hydroxylation is 8. The molecule has 7 aromatic rings. The Bertz CT molecular complexity index is 2150. The first-order valence-corrected chi connectivity index (χ1v) is 19.3. The van der Waals surface area contributed by atoms with E-state index in [-0.39, 0.29) is 11.6 Å². The van der Waals surface area contributed by atoms with Crippen LogP contribution in [0.25, 0.3) is 0 Å². The number of benzene rings is 1. The van der Waals surface area contributed by atoms with E-state index in [0.717, 1.165) is 40.1 Å². The number of nitrogens with zero attached hydrogens (tertiary/aromatic N) is 8. The lowest BCUT2D eigenvalue weighted by molar-refractivity contribution is 0.609. The summed E-state index contributed by atoms with van der Waals surface area (Å²) in [5.41, 5.74) is 44.5. The Labute approximate surface area is 375 Å². The molecule has 1 aromatic carbocycles. The van der Waals surface area contributed by atoms with E-state index in [1.54, 1.807) is 63.4 Å². The molecule has 330 valence electrons. The topological polar surface area (TPSA) is 285 Å². The standard InChI is InChI=1S/C7H8ClN.C7H9FN2.2C6H7ClN2.C6H7FN2.2C5H7N3/c1-5-2-6(8)4-7(9)3-5;1-4-3-6(8)5(2)10-7(4)9;1-4-2-5(7)9-6(8)3-4;1-4-2-3-5(7)6(8)9-4;1-4-2-6(8)9-3-5(4)7;1-4-2-5(6)8-3-7-4;1-4-2-3-7-5(6)8-4/h2-4H,9H2,1H3;3H,1-2H3,(H2,9,10);3*2-3H,1H3,(H2,8,9);2*2-3H,1H3,(H2,6,7,8). The molecule has 0 radical (unpaired) electrons. The van der Waals surface area contributed by atoms with E-state index < -0.39 is 0 Å². The number of nitrogen functional groups attached to an aromatic ring is 7. The maximum atomic E-state index is 12.6. The zero-order valence-electron chi connectivity index (χ0n) is 35.6. The van der Waals surface area contributed by atoms with Crippen LogP contribution in [0, 0.1) is 67.0 Å². The van der Waals surface area contributed by atoms with E-state index in [0.29, 0.717) is 67.1 Å². The summed E-state index contributed by atoms with van der Waals surface area (Å²) in [6.07, 6.45) is 4.20. The van der Waals surface area contributed by atoms with Crippen LogP contribution in [0.4, 0.5) is 49.5 Å². The quantitative estimate of drug-likeness (QED) is 0.0553. The molecule has 0 aliphatic rings. The molecule has 6 aromatic heterocycles. The number of hydrogen-bond donors (Lipinski definition) is 7. The minimum atomic E-state index is -0.316. The summed E-state index contributed by atoms with van der Waals surface area (Å²) in [7, 11) is 0. The van der Waals surface area contributed by atoms with Gasteiger partial charge in [0, 0.05) is 40.1 Å². The van der Waals surface area contributed by atoms with Crippen molar-refractivity contribution in [3.8, 4) is 0 Å². The van der Waals surface area contributed by atoms with Crippen molar-refractivity contribution in [2.24, 2.45) is 0 Å². The summed E-state index contributed by atoms with van der Waals surface area (Å²) in [5, 5.41) is 1.67. The lowest BCUT2D eigenvalue weighted by Gasteiger charge is -2.00. The van der Waals surface area contributed by atoms with E-state index in [1.165, 1.54) is 18.5 Å². The summed E-state index contributed by atoms with van der Waals surface area (Å²) < 4.78 is 25.0. The first-order chi connectivity index (χ1) is 28.9. The molecule has 0 aliphatic carbocycles. The molecular formula is C42H52Cl3F2N15. The van der Waals surface area contributed by atoms with Gasteiger partial charge in [0.25, 0.3) is 0 Å². The predicted octanol–water partition coefficient (Wildman–Crippen LogP) is 8.75. The summed E-state index contributed by atoms with van der Waals surface area (Å²) in [4.78, 5) is 30.1. The zero-order valence-corrected chi connectivity index (χ0v) is 37.9. The molecule has 0 saturated carbocycles. The third-order valence-corrected chi connectivity index (χ3v) is 7.85. The molecule has 0 amide bonds. The van der Waals surface area contributed by atoms with Crippen LogP contribution in [0.5, 0.6) is 0 Å². The van der Waals surface area contributed by atoms with Crippen molar-refractivity contribution in [2.75, 3.05) is 40.1 Å². The smallest absolute Gasteiger partial charge is 0.220 e. The van der Waals surface area contributed by atoms with Crippen LogP contribution >= 0.6 is 34.8 Å². The average molecular weight is 911 g/mol. The molecule has 0 bridgehead atoms. The third-order valence-electron chi connectivity index (χ3n) is 7.12. The van der Waals surface area contributed by atoms with Gasteiger partial charge in [0.1, 0.15) is 52.2 Å². The van der Waals surface area contributed by atoms with Crippen molar-refractivity contribution in [1.29, 1.82) is 0 Å².